The van der Waals surface area contributed by atoms with Gasteiger partial charge in [-0.1, -0.05) is 62.2 Å². The molecule has 0 heterocycles. The Morgan fingerprint density at radius 3 is 2.07 bits per heavy atom. The van der Waals surface area contributed by atoms with Gasteiger partial charge in [0.15, 0.2) is 0 Å². The second-order valence-corrected chi connectivity index (χ2v) is 3.30. The van der Waals surface area contributed by atoms with Crippen LogP contribution in [0, 0.1) is 0 Å². The number of allylic oxidation sites excluding steroid dienone is 5. The van der Waals surface area contributed by atoms with Crippen LogP contribution < -0.4 is 0 Å². The smallest absolute Gasteiger partial charge is 0.0112 e. The largest absolute Gasteiger partial charge is 0.0985 e. The zero-order valence-electron chi connectivity index (χ0n) is 9.16. The van der Waals surface area contributed by atoms with Gasteiger partial charge in [0.2, 0.25) is 0 Å². The molecule has 0 spiro atoms. The van der Waals surface area contributed by atoms with E-state index in [1.165, 1.54) is 0 Å². The first-order valence-electron chi connectivity index (χ1n) is 4.93. The molecule has 0 aromatic heterocycles. The van der Waals surface area contributed by atoms with Crippen molar-refractivity contribution in [1.29, 1.82) is 0 Å². The Bertz CT molecular complexity index is 419. The molecule has 0 aliphatic heterocycles. The van der Waals surface area contributed by atoms with Crippen molar-refractivity contribution in [3.63, 3.8) is 0 Å². The van der Waals surface area contributed by atoms with Crippen LogP contribution >= 0.6 is 0 Å². The lowest BCUT2D eigenvalue weighted by Crippen LogP contribution is -1.88. The van der Waals surface area contributed by atoms with Crippen LogP contribution in [0.4, 0.5) is 0 Å². The summed E-state index contributed by atoms with van der Waals surface area (Å²) >= 11 is 0. The molecule has 76 valence electrons. The van der Waals surface area contributed by atoms with Crippen molar-refractivity contribution in [2.45, 2.75) is 6.92 Å². The van der Waals surface area contributed by atoms with Gasteiger partial charge in [-0.2, -0.15) is 0 Å². The summed E-state index contributed by atoms with van der Waals surface area (Å²) in [7, 11) is 0. The van der Waals surface area contributed by atoms with Crippen LogP contribution in [0.3, 0.4) is 0 Å². The zero-order valence-corrected chi connectivity index (χ0v) is 9.16. The van der Waals surface area contributed by atoms with E-state index in [0.717, 1.165) is 22.3 Å². The van der Waals surface area contributed by atoms with Gasteiger partial charge in [-0.15, -0.1) is 0 Å². The van der Waals surface area contributed by atoms with E-state index in [1.54, 1.807) is 6.08 Å². The molecular formula is C15H16. The maximum atomic E-state index is 4.03. The highest BCUT2D eigenvalue weighted by Crippen LogP contribution is 2.24. The van der Waals surface area contributed by atoms with Gasteiger partial charge < -0.3 is 0 Å². The lowest BCUT2D eigenvalue weighted by molar-refractivity contribution is 1.55. The highest BCUT2D eigenvalue weighted by atomic mass is 14.1. The Kier molecular flexibility index (Phi) is 3.87. The SMILES string of the molecule is C=CC(=C)c1ccccc1C(=C)/C=C\C. The van der Waals surface area contributed by atoms with Crippen molar-refractivity contribution in [3.05, 3.63) is 73.4 Å². The van der Waals surface area contributed by atoms with Crippen molar-refractivity contribution in [3.8, 4) is 0 Å². The van der Waals surface area contributed by atoms with E-state index in [9.17, 15) is 0 Å². The van der Waals surface area contributed by atoms with Crippen LogP contribution in [0.2, 0.25) is 0 Å². The first-order valence-corrected chi connectivity index (χ1v) is 4.93. The fraction of sp³-hybridized carbons (Fsp3) is 0.0667. The molecule has 0 saturated heterocycles. The summed E-state index contributed by atoms with van der Waals surface area (Å²) in [6, 6.07) is 8.08. The fourth-order valence-corrected chi connectivity index (χ4v) is 1.44. The van der Waals surface area contributed by atoms with Gasteiger partial charge in [-0.3, -0.25) is 0 Å². The summed E-state index contributed by atoms with van der Waals surface area (Å²) < 4.78 is 0. The van der Waals surface area contributed by atoms with E-state index >= 15 is 0 Å². The minimum absolute atomic E-state index is 0.927. The summed E-state index contributed by atoms with van der Waals surface area (Å²) in [4.78, 5) is 0. The lowest BCUT2D eigenvalue weighted by atomic mass is 9.96. The topological polar surface area (TPSA) is 0 Å². The van der Waals surface area contributed by atoms with E-state index in [-0.39, 0.29) is 0 Å². The van der Waals surface area contributed by atoms with E-state index in [1.807, 2.05) is 43.3 Å². The minimum atomic E-state index is 0.927. The summed E-state index contributed by atoms with van der Waals surface area (Å²) in [5.41, 5.74) is 4.13. The molecule has 1 aromatic rings. The molecule has 1 rings (SSSR count). The van der Waals surface area contributed by atoms with Gasteiger partial charge in [0.05, 0.1) is 0 Å². The van der Waals surface area contributed by atoms with Crippen molar-refractivity contribution >= 4 is 11.1 Å². The standard InChI is InChI=1S/C15H16/c1-5-9-13(4)15-11-8-7-10-14(15)12(3)6-2/h5-11H,2-4H2,1H3/b9-5-. The fourth-order valence-electron chi connectivity index (χ4n) is 1.44. The summed E-state index contributed by atoms with van der Waals surface area (Å²) in [6.45, 7) is 13.7. The van der Waals surface area contributed by atoms with E-state index in [4.69, 9.17) is 0 Å². The lowest BCUT2D eigenvalue weighted by Gasteiger charge is -2.09. The van der Waals surface area contributed by atoms with Crippen LogP contribution in [0.5, 0.6) is 0 Å². The summed E-state index contributed by atoms with van der Waals surface area (Å²) in [5.74, 6) is 0. The number of hydrogen-bond donors (Lipinski definition) is 0. The number of benzene rings is 1. The minimum Gasteiger partial charge on any atom is -0.0985 e. The van der Waals surface area contributed by atoms with Gasteiger partial charge >= 0.3 is 0 Å². The second kappa shape index (κ2) is 5.16. The highest BCUT2D eigenvalue weighted by Gasteiger charge is 2.03. The molecule has 0 atom stereocenters. The quantitative estimate of drug-likeness (QED) is 0.623. The Hall–Kier alpha value is -1.82. The second-order valence-electron chi connectivity index (χ2n) is 3.30. The predicted octanol–water partition coefficient (Wildman–Crippen LogP) is 4.48. The normalized spacial score (nSPS) is 10.2. The third-order valence-corrected chi connectivity index (χ3v) is 2.23. The molecule has 0 saturated carbocycles. The average Bonchev–Trinajstić information content (AvgIpc) is 2.28. The molecule has 0 aliphatic rings. The van der Waals surface area contributed by atoms with Crippen LogP contribution in [0.1, 0.15) is 18.1 Å². The monoisotopic (exact) mass is 196 g/mol. The van der Waals surface area contributed by atoms with Crippen LogP contribution in [-0.4, -0.2) is 0 Å². The molecule has 0 nitrogen and oxygen atoms in total. The predicted molar refractivity (Wildman–Crippen MR) is 69.5 cm³/mol. The van der Waals surface area contributed by atoms with Crippen molar-refractivity contribution in [1.82, 2.24) is 0 Å². The molecule has 1 aromatic carbocycles. The Morgan fingerprint density at radius 1 is 1.07 bits per heavy atom. The first-order chi connectivity index (χ1) is 7.20. The number of hydrogen-bond acceptors (Lipinski definition) is 0. The van der Waals surface area contributed by atoms with Crippen molar-refractivity contribution in [2.75, 3.05) is 0 Å². The van der Waals surface area contributed by atoms with Gasteiger partial charge in [0.1, 0.15) is 0 Å². The molecule has 0 aliphatic carbocycles. The van der Waals surface area contributed by atoms with E-state index < -0.39 is 0 Å². The van der Waals surface area contributed by atoms with E-state index in [2.05, 4.69) is 19.7 Å². The van der Waals surface area contributed by atoms with Crippen molar-refractivity contribution < 1.29 is 0 Å². The van der Waals surface area contributed by atoms with Crippen LogP contribution in [-0.2, 0) is 0 Å². The third kappa shape index (κ3) is 2.57. The van der Waals surface area contributed by atoms with Gasteiger partial charge in [0, 0.05) is 0 Å². The average molecular weight is 196 g/mol. The molecule has 0 amide bonds. The molecular weight excluding hydrogens is 180 g/mol. The summed E-state index contributed by atoms with van der Waals surface area (Å²) in [6.07, 6.45) is 5.74. The Balaban J connectivity index is 3.23. The molecule has 15 heavy (non-hydrogen) atoms. The van der Waals surface area contributed by atoms with E-state index in [0.29, 0.717) is 0 Å². The van der Waals surface area contributed by atoms with Crippen LogP contribution in [0.25, 0.3) is 11.1 Å². The maximum Gasteiger partial charge on any atom is -0.0112 e. The van der Waals surface area contributed by atoms with Crippen molar-refractivity contribution in [2.24, 2.45) is 0 Å². The molecule has 0 unspecified atom stereocenters. The molecule has 0 fully saturated rings. The Morgan fingerprint density at radius 2 is 1.60 bits per heavy atom. The first kappa shape index (κ1) is 11.3. The maximum absolute atomic E-state index is 4.03. The van der Waals surface area contributed by atoms with Gasteiger partial charge in [-0.05, 0) is 29.2 Å². The van der Waals surface area contributed by atoms with Gasteiger partial charge in [-0.25, -0.2) is 0 Å². The third-order valence-electron chi connectivity index (χ3n) is 2.23. The zero-order chi connectivity index (χ0) is 11.3. The Labute approximate surface area is 92.0 Å². The molecule has 0 heteroatoms. The summed E-state index contributed by atoms with van der Waals surface area (Å²) in [5, 5.41) is 0. The molecule has 0 radical (unpaired) electrons. The molecule has 0 N–H and O–H groups in total. The highest BCUT2D eigenvalue weighted by molar-refractivity contribution is 5.84. The molecule has 0 bridgehead atoms. The van der Waals surface area contributed by atoms with Crippen LogP contribution in [0.15, 0.2) is 62.2 Å². The van der Waals surface area contributed by atoms with Gasteiger partial charge in [0.25, 0.3) is 0 Å². The number of rotatable bonds is 4.